The van der Waals surface area contributed by atoms with Gasteiger partial charge in [0.2, 0.25) is 0 Å². The Morgan fingerprint density at radius 1 is 1.22 bits per heavy atom. The Hall–Kier alpha value is -3.24. The number of urea groups is 1. The standard InChI is InChI=1S/C26H38N6O4/c1-17(2)29-26(34)30-21-7-8-22-23(9-21)36-15-19(4)32(13-20-10-27-16-28-11-20)12-18(3)24(35-6)14-31(5)25(22)33/h7-11,16-19,24H,12-15H2,1-6H3,(H2,29,30,34)/t18-,19+,24+/m1/s1. The van der Waals surface area contributed by atoms with Crippen molar-refractivity contribution in [2.75, 3.05) is 39.2 Å². The number of carbonyl (C=O) groups is 2. The van der Waals surface area contributed by atoms with Gasteiger partial charge < -0.3 is 25.0 Å². The maximum absolute atomic E-state index is 13.4. The molecule has 10 heteroatoms. The van der Waals surface area contributed by atoms with E-state index in [2.05, 4.69) is 39.3 Å². The molecule has 3 rings (SSSR count). The van der Waals surface area contributed by atoms with Crippen LogP contribution in [0.1, 0.15) is 43.6 Å². The van der Waals surface area contributed by atoms with Crippen LogP contribution in [-0.4, -0.2) is 83.7 Å². The quantitative estimate of drug-likeness (QED) is 0.652. The average molecular weight is 499 g/mol. The van der Waals surface area contributed by atoms with Gasteiger partial charge in [-0.1, -0.05) is 6.92 Å². The highest BCUT2D eigenvalue weighted by Gasteiger charge is 2.28. The molecule has 1 aliphatic heterocycles. The number of hydrogen-bond acceptors (Lipinski definition) is 7. The normalized spacial score (nSPS) is 21.7. The van der Waals surface area contributed by atoms with Crippen molar-refractivity contribution >= 4 is 17.6 Å². The van der Waals surface area contributed by atoms with Crippen LogP contribution in [0.25, 0.3) is 0 Å². The van der Waals surface area contributed by atoms with E-state index in [0.717, 1.165) is 12.1 Å². The Morgan fingerprint density at radius 3 is 2.61 bits per heavy atom. The zero-order valence-electron chi connectivity index (χ0n) is 22.0. The van der Waals surface area contributed by atoms with E-state index < -0.39 is 0 Å². The summed E-state index contributed by atoms with van der Waals surface area (Å²) in [6.07, 6.45) is 5.01. The van der Waals surface area contributed by atoms with Gasteiger partial charge >= 0.3 is 6.03 Å². The molecule has 0 aliphatic carbocycles. The van der Waals surface area contributed by atoms with E-state index in [4.69, 9.17) is 9.47 Å². The van der Waals surface area contributed by atoms with Gasteiger partial charge in [-0.25, -0.2) is 14.8 Å². The first-order valence-corrected chi connectivity index (χ1v) is 12.3. The highest BCUT2D eigenvalue weighted by molar-refractivity contribution is 5.98. The number of methoxy groups -OCH3 is 1. The van der Waals surface area contributed by atoms with E-state index in [-0.39, 0.29) is 36.0 Å². The van der Waals surface area contributed by atoms with Crippen LogP contribution in [0.15, 0.2) is 36.9 Å². The molecule has 10 nitrogen and oxygen atoms in total. The number of nitrogens with zero attached hydrogens (tertiary/aromatic N) is 4. The van der Waals surface area contributed by atoms with Crippen LogP contribution in [0.4, 0.5) is 10.5 Å². The van der Waals surface area contributed by atoms with Crippen molar-refractivity contribution in [1.29, 1.82) is 0 Å². The van der Waals surface area contributed by atoms with Crippen LogP contribution >= 0.6 is 0 Å². The SMILES string of the molecule is CO[C@H]1CN(C)C(=O)c2ccc(NC(=O)NC(C)C)cc2OC[C@H](C)N(Cc2cncnc2)C[C@H]1C. The minimum Gasteiger partial charge on any atom is -0.491 e. The summed E-state index contributed by atoms with van der Waals surface area (Å²) < 4.78 is 12.0. The second-order valence-electron chi connectivity index (χ2n) is 9.74. The summed E-state index contributed by atoms with van der Waals surface area (Å²) in [5.41, 5.74) is 1.99. The maximum Gasteiger partial charge on any atom is 0.319 e. The molecule has 2 N–H and O–H groups in total. The monoisotopic (exact) mass is 498 g/mol. The van der Waals surface area contributed by atoms with Gasteiger partial charge in [0, 0.05) is 75.6 Å². The molecule has 1 aromatic carbocycles. The zero-order valence-corrected chi connectivity index (χ0v) is 22.0. The van der Waals surface area contributed by atoms with E-state index in [1.54, 1.807) is 37.3 Å². The highest BCUT2D eigenvalue weighted by Crippen LogP contribution is 2.27. The molecule has 0 unspecified atom stereocenters. The maximum atomic E-state index is 13.4. The summed E-state index contributed by atoms with van der Waals surface area (Å²) in [5, 5.41) is 5.61. The lowest BCUT2D eigenvalue weighted by molar-refractivity contribution is 0.00918. The van der Waals surface area contributed by atoms with E-state index in [1.165, 1.54) is 6.33 Å². The number of benzene rings is 1. The molecule has 196 valence electrons. The fraction of sp³-hybridized carbons (Fsp3) is 0.538. The fourth-order valence-electron chi connectivity index (χ4n) is 4.22. The first-order chi connectivity index (χ1) is 17.2. The van der Waals surface area contributed by atoms with Gasteiger partial charge in [-0.3, -0.25) is 9.69 Å². The van der Waals surface area contributed by atoms with E-state index in [9.17, 15) is 9.59 Å². The zero-order chi connectivity index (χ0) is 26.2. The lowest BCUT2D eigenvalue weighted by Gasteiger charge is -2.36. The van der Waals surface area contributed by atoms with E-state index in [0.29, 0.717) is 36.7 Å². The second-order valence-corrected chi connectivity index (χ2v) is 9.74. The Bertz CT molecular complexity index is 1020. The van der Waals surface area contributed by atoms with Crippen LogP contribution in [0.5, 0.6) is 5.75 Å². The minimum absolute atomic E-state index is 0.00117. The third-order valence-electron chi connectivity index (χ3n) is 6.25. The molecule has 36 heavy (non-hydrogen) atoms. The van der Waals surface area contributed by atoms with Gasteiger partial charge in [0.1, 0.15) is 18.7 Å². The second kappa shape index (κ2) is 12.6. The van der Waals surface area contributed by atoms with Crippen LogP contribution in [-0.2, 0) is 11.3 Å². The summed E-state index contributed by atoms with van der Waals surface area (Å²) in [6.45, 7) is 10.2. The van der Waals surface area contributed by atoms with Gasteiger partial charge in [-0.15, -0.1) is 0 Å². The van der Waals surface area contributed by atoms with Crippen molar-refractivity contribution in [2.45, 2.75) is 52.4 Å². The van der Waals surface area contributed by atoms with E-state index >= 15 is 0 Å². The van der Waals surface area contributed by atoms with Crippen molar-refractivity contribution in [2.24, 2.45) is 5.92 Å². The fourth-order valence-corrected chi connectivity index (χ4v) is 4.22. The number of nitrogens with one attached hydrogen (secondary N) is 2. The molecule has 1 aliphatic rings. The third-order valence-corrected chi connectivity index (χ3v) is 6.25. The van der Waals surface area contributed by atoms with Gasteiger partial charge in [-0.2, -0.15) is 0 Å². The molecule has 0 saturated heterocycles. The van der Waals surface area contributed by atoms with Crippen LogP contribution in [0.2, 0.25) is 0 Å². The van der Waals surface area contributed by atoms with Crippen molar-refractivity contribution in [1.82, 2.24) is 25.1 Å². The molecule has 0 radical (unpaired) electrons. The Balaban J connectivity index is 1.91. The predicted octanol–water partition coefficient (Wildman–Crippen LogP) is 3.01. The highest BCUT2D eigenvalue weighted by atomic mass is 16.5. The number of aromatic nitrogens is 2. The van der Waals surface area contributed by atoms with Gasteiger partial charge in [0.05, 0.1) is 11.7 Å². The Labute approximate surface area is 213 Å². The van der Waals surface area contributed by atoms with Gasteiger partial charge in [-0.05, 0) is 38.8 Å². The Kier molecular flexibility index (Phi) is 9.60. The first-order valence-electron chi connectivity index (χ1n) is 12.3. The molecule has 2 heterocycles. The number of carbonyl (C=O) groups excluding carboxylic acids is 2. The van der Waals surface area contributed by atoms with Crippen LogP contribution < -0.4 is 15.4 Å². The molecule has 0 spiro atoms. The van der Waals surface area contributed by atoms with Crippen LogP contribution in [0, 0.1) is 5.92 Å². The topological polar surface area (TPSA) is 109 Å². The van der Waals surface area contributed by atoms with Crippen molar-refractivity contribution in [3.05, 3.63) is 48.0 Å². The van der Waals surface area contributed by atoms with Crippen LogP contribution in [0.3, 0.4) is 0 Å². The number of likely N-dealkylation sites (N-methyl/N-ethyl adjacent to an activating group) is 1. The molecular formula is C26H38N6O4. The minimum atomic E-state index is -0.317. The molecule has 3 atom stereocenters. The summed E-state index contributed by atoms with van der Waals surface area (Å²) in [5.74, 6) is 0.415. The number of hydrogen-bond donors (Lipinski definition) is 2. The van der Waals surface area contributed by atoms with Crippen molar-refractivity contribution in [3.63, 3.8) is 0 Å². The lowest BCUT2D eigenvalue weighted by Crippen LogP contribution is -2.46. The molecule has 1 aromatic heterocycles. The summed E-state index contributed by atoms with van der Waals surface area (Å²) in [7, 11) is 3.45. The summed E-state index contributed by atoms with van der Waals surface area (Å²) >= 11 is 0. The number of ether oxygens (including phenoxy) is 2. The molecule has 2 aromatic rings. The molecule has 0 saturated carbocycles. The van der Waals surface area contributed by atoms with Gasteiger partial charge in [0.25, 0.3) is 5.91 Å². The van der Waals surface area contributed by atoms with Crippen molar-refractivity contribution in [3.8, 4) is 5.75 Å². The smallest absolute Gasteiger partial charge is 0.319 e. The molecule has 3 amide bonds. The number of amides is 3. The van der Waals surface area contributed by atoms with E-state index in [1.807, 2.05) is 26.2 Å². The first kappa shape index (κ1) is 27.3. The molecular weight excluding hydrogens is 460 g/mol. The molecule has 0 fully saturated rings. The average Bonchev–Trinajstić information content (AvgIpc) is 2.84. The number of anilines is 1. The summed E-state index contributed by atoms with van der Waals surface area (Å²) in [6, 6.07) is 4.81. The predicted molar refractivity (Wildman–Crippen MR) is 138 cm³/mol. The van der Waals surface area contributed by atoms with Crippen molar-refractivity contribution < 1.29 is 19.1 Å². The number of fused-ring (bicyclic) bond motifs is 1. The summed E-state index contributed by atoms with van der Waals surface area (Å²) in [4.78, 5) is 37.8. The number of rotatable bonds is 5. The van der Waals surface area contributed by atoms with Gasteiger partial charge in [0.15, 0.2) is 0 Å². The lowest BCUT2D eigenvalue weighted by atomic mass is 10.0. The molecule has 0 bridgehead atoms. The third kappa shape index (κ3) is 7.38. The largest absolute Gasteiger partial charge is 0.491 e. The Morgan fingerprint density at radius 2 is 1.94 bits per heavy atom.